The predicted molar refractivity (Wildman–Crippen MR) is 271 cm³/mol. The molecule has 3 aliphatic rings. The maximum atomic E-state index is 6.73. The van der Waals surface area contributed by atoms with E-state index in [0.29, 0.717) is 0 Å². The fourth-order valence-electron chi connectivity index (χ4n) is 9.80. The Labute approximate surface area is 380 Å². The summed E-state index contributed by atoms with van der Waals surface area (Å²) in [5.41, 5.74) is 17.2. The van der Waals surface area contributed by atoms with Crippen molar-refractivity contribution >= 4 is 62.5 Å². The number of fused-ring (bicyclic) bond motifs is 5. The second-order valence-corrected chi connectivity index (χ2v) is 16.8. The van der Waals surface area contributed by atoms with Gasteiger partial charge in [0.1, 0.15) is 0 Å². The SMILES string of the molecule is C1=CC(N(c2ccccc2)c2ccc(-n3c4c(c5cc(-c6ccc7c(c6)Oc6ccccc6N7c6ccc(N(c7ccccc7)c7ccccc7)cc6)ccc53)CCC=C4)cc2)=CCC1. The average Bonchev–Trinajstić information content (AvgIpc) is 3.71. The number of rotatable bonds is 9. The lowest BCUT2D eigenvalue weighted by molar-refractivity contribution is 0.477. The summed E-state index contributed by atoms with van der Waals surface area (Å²) in [6, 6.07) is 71.6. The molecule has 0 radical (unpaired) electrons. The molecular formula is C60H46N4O. The lowest BCUT2D eigenvalue weighted by Crippen LogP contribution is -2.16. The van der Waals surface area contributed by atoms with E-state index in [4.69, 9.17) is 4.74 Å². The van der Waals surface area contributed by atoms with Gasteiger partial charge in [-0.15, -0.1) is 0 Å². The van der Waals surface area contributed by atoms with Gasteiger partial charge in [0.2, 0.25) is 0 Å². The Hall–Kier alpha value is -8.28. The second-order valence-electron chi connectivity index (χ2n) is 16.8. The highest BCUT2D eigenvalue weighted by atomic mass is 16.5. The molecule has 1 aromatic heterocycles. The first-order valence-corrected chi connectivity index (χ1v) is 22.6. The molecule has 0 saturated carbocycles. The van der Waals surface area contributed by atoms with Crippen LogP contribution in [-0.4, -0.2) is 4.57 Å². The number of hydrogen-bond donors (Lipinski definition) is 0. The van der Waals surface area contributed by atoms with Crippen molar-refractivity contribution in [2.75, 3.05) is 14.7 Å². The molecule has 0 spiro atoms. The molecule has 0 atom stereocenters. The molecule has 2 heterocycles. The highest BCUT2D eigenvalue weighted by molar-refractivity contribution is 5.95. The number of ether oxygens (including phenoxy) is 1. The van der Waals surface area contributed by atoms with Crippen molar-refractivity contribution in [3.8, 4) is 28.3 Å². The molecule has 1 aliphatic heterocycles. The third kappa shape index (κ3) is 6.99. The number of benzene rings is 8. The zero-order valence-corrected chi connectivity index (χ0v) is 36.0. The Balaban J connectivity index is 0.891. The maximum absolute atomic E-state index is 6.73. The van der Waals surface area contributed by atoms with Gasteiger partial charge in [0.05, 0.1) is 16.9 Å². The van der Waals surface area contributed by atoms with Crippen LogP contribution in [0.3, 0.4) is 0 Å². The van der Waals surface area contributed by atoms with Gasteiger partial charge in [-0.25, -0.2) is 0 Å². The van der Waals surface area contributed by atoms with Crippen LogP contribution < -0.4 is 19.4 Å². The number of nitrogens with zero attached hydrogens (tertiary/aromatic N) is 4. The molecule has 0 bridgehead atoms. The normalized spacial score (nSPS) is 13.7. The first-order valence-electron chi connectivity index (χ1n) is 22.6. The molecule has 312 valence electrons. The minimum absolute atomic E-state index is 0.826. The van der Waals surface area contributed by atoms with Crippen LogP contribution in [0.25, 0.3) is 33.8 Å². The lowest BCUT2D eigenvalue weighted by Gasteiger charge is -2.33. The summed E-state index contributed by atoms with van der Waals surface area (Å²) in [5, 5.41) is 1.29. The van der Waals surface area contributed by atoms with Gasteiger partial charge in [0.25, 0.3) is 0 Å². The molecule has 0 amide bonds. The minimum atomic E-state index is 0.826. The quantitative estimate of drug-likeness (QED) is 0.144. The Morgan fingerprint density at radius 3 is 1.69 bits per heavy atom. The number of anilines is 8. The van der Waals surface area contributed by atoms with Crippen LogP contribution in [0.1, 0.15) is 30.5 Å². The number of para-hydroxylation sites is 5. The Morgan fingerprint density at radius 2 is 1.00 bits per heavy atom. The van der Waals surface area contributed by atoms with Crippen LogP contribution >= 0.6 is 0 Å². The van der Waals surface area contributed by atoms with Gasteiger partial charge in [0.15, 0.2) is 11.5 Å². The second kappa shape index (κ2) is 16.4. The summed E-state index contributed by atoms with van der Waals surface area (Å²) >= 11 is 0. The number of hydrogen-bond acceptors (Lipinski definition) is 4. The van der Waals surface area contributed by atoms with Crippen LogP contribution in [0.5, 0.6) is 11.5 Å². The van der Waals surface area contributed by atoms with Crippen molar-refractivity contribution in [1.29, 1.82) is 0 Å². The highest BCUT2D eigenvalue weighted by Crippen LogP contribution is 2.52. The molecule has 0 fully saturated rings. The van der Waals surface area contributed by atoms with Gasteiger partial charge in [-0.05, 0) is 176 Å². The summed E-state index contributed by atoms with van der Waals surface area (Å²) in [5.74, 6) is 1.65. The summed E-state index contributed by atoms with van der Waals surface area (Å²) in [6.07, 6.45) is 15.7. The predicted octanol–water partition coefficient (Wildman–Crippen LogP) is 16.7. The molecule has 2 aliphatic carbocycles. The maximum Gasteiger partial charge on any atom is 0.152 e. The molecular weight excluding hydrogens is 793 g/mol. The topological polar surface area (TPSA) is 23.9 Å². The fourth-order valence-corrected chi connectivity index (χ4v) is 9.80. The zero-order chi connectivity index (χ0) is 43.1. The van der Waals surface area contributed by atoms with E-state index in [0.717, 1.165) is 99.5 Å². The lowest BCUT2D eigenvalue weighted by atomic mass is 9.97. The third-order valence-electron chi connectivity index (χ3n) is 12.8. The van der Waals surface area contributed by atoms with Crippen molar-refractivity contribution in [1.82, 2.24) is 4.57 Å². The van der Waals surface area contributed by atoms with Gasteiger partial charge in [-0.1, -0.05) is 97.1 Å². The van der Waals surface area contributed by atoms with Gasteiger partial charge in [0, 0.05) is 56.6 Å². The summed E-state index contributed by atoms with van der Waals surface area (Å²) in [4.78, 5) is 6.97. The molecule has 65 heavy (non-hydrogen) atoms. The van der Waals surface area contributed by atoms with Crippen molar-refractivity contribution in [3.63, 3.8) is 0 Å². The molecule has 5 heteroatoms. The number of allylic oxidation sites excluding steroid dienone is 4. The Kier molecular flexibility index (Phi) is 9.72. The van der Waals surface area contributed by atoms with Crippen molar-refractivity contribution in [2.24, 2.45) is 0 Å². The van der Waals surface area contributed by atoms with Crippen molar-refractivity contribution in [3.05, 3.63) is 241 Å². The van der Waals surface area contributed by atoms with Crippen LogP contribution in [-0.2, 0) is 6.42 Å². The van der Waals surface area contributed by atoms with Gasteiger partial charge in [-0.2, -0.15) is 0 Å². The van der Waals surface area contributed by atoms with Gasteiger partial charge in [-0.3, -0.25) is 0 Å². The first-order chi connectivity index (χ1) is 32.2. The third-order valence-corrected chi connectivity index (χ3v) is 12.8. The van der Waals surface area contributed by atoms with E-state index < -0.39 is 0 Å². The van der Waals surface area contributed by atoms with Crippen molar-refractivity contribution in [2.45, 2.75) is 25.7 Å². The van der Waals surface area contributed by atoms with Crippen LogP contribution in [0.4, 0.5) is 45.5 Å². The highest BCUT2D eigenvalue weighted by Gasteiger charge is 2.27. The summed E-state index contributed by atoms with van der Waals surface area (Å²) in [6.45, 7) is 0. The van der Waals surface area contributed by atoms with E-state index in [2.05, 4.69) is 244 Å². The number of aryl methyl sites for hydroxylation is 1. The average molecular weight is 839 g/mol. The molecule has 5 nitrogen and oxygen atoms in total. The molecule has 0 saturated heterocycles. The molecule has 9 aromatic rings. The van der Waals surface area contributed by atoms with Crippen LogP contribution in [0.2, 0.25) is 0 Å². The standard InChI is InChI=1S/C60H46N4O/c1-5-17-45(18-6-1)61(46-19-7-2-8-20-46)49-31-35-51(36-32-49)63-55-26-14-13-25-53(55)54-41-43(29-39-56(54)63)44-30-40-58-60(42-44)65-59-28-16-15-27-57(59)64(58)52-37-33-50(34-38-52)62(47-21-9-3-10-22-47)48-23-11-4-12-24-48/h1,3-7,9-12,14-24,26-42H,2,8,13,25H2. The molecule has 8 aromatic carbocycles. The van der Waals surface area contributed by atoms with E-state index in [9.17, 15) is 0 Å². The van der Waals surface area contributed by atoms with E-state index in [-0.39, 0.29) is 0 Å². The Bertz CT molecular complexity index is 3240. The number of aromatic nitrogens is 1. The Morgan fingerprint density at radius 1 is 0.431 bits per heavy atom. The zero-order valence-electron chi connectivity index (χ0n) is 36.0. The molecule has 0 N–H and O–H groups in total. The van der Waals surface area contributed by atoms with Gasteiger partial charge < -0.3 is 24.0 Å². The molecule has 0 unspecified atom stereocenters. The molecule has 12 rings (SSSR count). The van der Waals surface area contributed by atoms with Crippen LogP contribution in [0, 0.1) is 0 Å². The minimum Gasteiger partial charge on any atom is -0.453 e. The smallest absolute Gasteiger partial charge is 0.152 e. The van der Waals surface area contributed by atoms with Crippen LogP contribution in [0.15, 0.2) is 230 Å². The largest absolute Gasteiger partial charge is 0.453 e. The summed E-state index contributed by atoms with van der Waals surface area (Å²) < 4.78 is 9.17. The van der Waals surface area contributed by atoms with Gasteiger partial charge >= 0.3 is 0 Å². The summed E-state index contributed by atoms with van der Waals surface area (Å²) in [7, 11) is 0. The fraction of sp³-hybridized carbons (Fsp3) is 0.0667. The first kappa shape index (κ1) is 38.4. The van der Waals surface area contributed by atoms with E-state index >= 15 is 0 Å². The van der Waals surface area contributed by atoms with E-state index in [1.807, 2.05) is 6.07 Å². The van der Waals surface area contributed by atoms with Crippen molar-refractivity contribution < 1.29 is 4.74 Å². The van der Waals surface area contributed by atoms with E-state index in [1.165, 1.54) is 27.9 Å². The van der Waals surface area contributed by atoms with E-state index in [1.54, 1.807) is 0 Å². The monoisotopic (exact) mass is 838 g/mol.